The zero-order valence-electron chi connectivity index (χ0n) is 12.6. The van der Waals surface area contributed by atoms with Crippen molar-refractivity contribution < 1.29 is 4.42 Å². The fraction of sp³-hybridized carbons (Fsp3) is 0.556. The SMILES string of the molecule is CCc1oc2ccccc2c1CNCC1CCC(C)C1. The molecular formula is C18H25NO. The standard InChI is InChI=1S/C18H25NO/c1-3-17-16(15-6-4-5-7-18(15)20-17)12-19-11-14-9-8-13(2)10-14/h4-7,13-14,19H,3,8-12H2,1-2H3. The second-order valence-corrected chi connectivity index (χ2v) is 6.27. The van der Waals surface area contributed by atoms with Gasteiger partial charge in [0, 0.05) is 23.9 Å². The van der Waals surface area contributed by atoms with Gasteiger partial charge in [0.25, 0.3) is 0 Å². The summed E-state index contributed by atoms with van der Waals surface area (Å²) in [5.74, 6) is 2.93. The van der Waals surface area contributed by atoms with E-state index in [-0.39, 0.29) is 0 Å². The molecule has 1 aliphatic carbocycles. The number of furan rings is 1. The van der Waals surface area contributed by atoms with Gasteiger partial charge >= 0.3 is 0 Å². The molecule has 1 saturated carbocycles. The number of para-hydroxylation sites is 1. The summed E-state index contributed by atoms with van der Waals surface area (Å²) in [6, 6.07) is 8.38. The van der Waals surface area contributed by atoms with Gasteiger partial charge < -0.3 is 9.73 Å². The molecule has 1 aliphatic rings. The quantitative estimate of drug-likeness (QED) is 0.865. The number of fused-ring (bicyclic) bond motifs is 1. The molecule has 1 N–H and O–H groups in total. The Kier molecular flexibility index (Phi) is 4.11. The lowest BCUT2D eigenvalue weighted by atomic mass is 10.1. The van der Waals surface area contributed by atoms with Crippen molar-refractivity contribution in [1.82, 2.24) is 5.32 Å². The van der Waals surface area contributed by atoms with Gasteiger partial charge in [0.1, 0.15) is 11.3 Å². The Bertz CT molecular complexity index is 572. The van der Waals surface area contributed by atoms with E-state index >= 15 is 0 Å². The van der Waals surface area contributed by atoms with E-state index in [4.69, 9.17) is 4.42 Å². The number of rotatable bonds is 5. The van der Waals surface area contributed by atoms with Gasteiger partial charge in [0.05, 0.1) is 0 Å². The second kappa shape index (κ2) is 6.01. The minimum Gasteiger partial charge on any atom is -0.461 e. The average molecular weight is 271 g/mol. The summed E-state index contributed by atoms with van der Waals surface area (Å²) in [6.07, 6.45) is 5.15. The van der Waals surface area contributed by atoms with Gasteiger partial charge in [-0.25, -0.2) is 0 Å². The molecule has 1 aromatic heterocycles. The minimum atomic E-state index is 0.869. The van der Waals surface area contributed by atoms with Crippen LogP contribution in [0.4, 0.5) is 0 Å². The highest BCUT2D eigenvalue weighted by Crippen LogP contribution is 2.30. The third kappa shape index (κ3) is 2.76. The zero-order chi connectivity index (χ0) is 13.9. The third-order valence-corrected chi connectivity index (χ3v) is 4.64. The average Bonchev–Trinajstić information content (AvgIpc) is 3.03. The summed E-state index contributed by atoms with van der Waals surface area (Å²) in [7, 11) is 0. The summed E-state index contributed by atoms with van der Waals surface area (Å²) < 4.78 is 5.95. The molecule has 0 saturated heterocycles. The molecule has 0 aliphatic heterocycles. The van der Waals surface area contributed by atoms with Gasteiger partial charge in [-0.05, 0) is 37.3 Å². The van der Waals surface area contributed by atoms with E-state index < -0.39 is 0 Å². The molecule has 2 aromatic rings. The zero-order valence-corrected chi connectivity index (χ0v) is 12.6. The van der Waals surface area contributed by atoms with Gasteiger partial charge in [0.2, 0.25) is 0 Å². The molecule has 1 aromatic carbocycles. The molecule has 2 unspecified atom stereocenters. The fourth-order valence-corrected chi connectivity index (χ4v) is 3.54. The highest BCUT2D eigenvalue weighted by atomic mass is 16.3. The molecule has 2 heteroatoms. The normalized spacial score (nSPS) is 22.7. The van der Waals surface area contributed by atoms with E-state index in [0.717, 1.165) is 42.7 Å². The number of benzene rings is 1. The largest absolute Gasteiger partial charge is 0.461 e. The van der Waals surface area contributed by atoms with E-state index in [1.54, 1.807) is 0 Å². The molecule has 1 heterocycles. The lowest BCUT2D eigenvalue weighted by Gasteiger charge is -2.11. The van der Waals surface area contributed by atoms with Crippen molar-refractivity contribution in [3.05, 3.63) is 35.6 Å². The van der Waals surface area contributed by atoms with E-state index in [9.17, 15) is 0 Å². The van der Waals surface area contributed by atoms with Crippen LogP contribution in [-0.2, 0) is 13.0 Å². The molecule has 0 spiro atoms. The Balaban J connectivity index is 1.67. The molecule has 0 bridgehead atoms. The molecular weight excluding hydrogens is 246 g/mol. The summed E-state index contributed by atoms with van der Waals surface area (Å²) in [4.78, 5) is 0. The van der Waals surface area contributed by atoms with Crippen molar-refractivity contribution >= 4 is 11.0 Å². The van der Waals surface area contributed by atoms with Crippen LogP contribution in [0.2, 0.25) is 0 Å². The van der Waals surface area contributed by atoms with E-state index in [1.807, 2.05) is 6.07 Å². The number of nitrogens with one attached hydrogen (secondary N) is 1. The van der Waals surface area contributed by atoms with E-state index in [0.29, 0.717) is 0 Å². The Morgan fingerprint density at radius 2 is 2.10 bits per heavy atom. The topological polar surface area (TPSA) is 25.2 Å². The number of aryl methyl sites for hydroxylation is 1. The van der Waals surface area contributed by atoms with Crippen LogP contribution in [0.3, 0.4) is 0 Å². The Morgan fingerprint density at radius 1 is 1.25 bits per heavy atom. The second-order valence-electron chi connectivity index (χ2n) is 6.27. The highest BCUT2D eigenvalue weighted by Gasteiger charge is 2.21. The van der Waals surface area contributed by atoms with Crippen molar-refractivity contribution in [2.45, 2.75) is 46.1 Å². The Labute approximate surface area is 121 Å². The van der Waals surface area contributed by atoms with Gasteiger partial charge in [-0.1, -0.05) is 38.5 Å². The van der Waals surface area contributed by atoms with Gasteiger partial charge in [-0.15, -0.1) is 0 Å². The minimum absolute atomic E-state index is 0.869. The lowest BCUT2D eigenvalue weighted by Crippen LogP contribution is -2.21. The lowest BCUT2D eigenvalue weighted by molar-refractivity contribution is 0.467. The van der Waals surface area contributed by atoms with Crippen LogP contribution in [0.5, 0.6) is 0 Å². The first kappa shape index (κ1) is 13.7. The number of hydrogen-bond acceptors (Lipinski definition) is 2. The third-order valence-electron chi connectivity index (χ3n) is 4.64. The smallest absolute Gasteiger partial charge is 0.134 e. The van der Waals surface area contributed by atoms with Crippen molar-refractivity contribution in [3.63, 3.8) is 0 Å². The molecule has 0 radical (unpaired) electrons. The predicted octanol–water partition coefficient (Wildman–Crippen LogP) is 4.52. The van der Waals surface area contributed by atoms with Gasteiger partial charge in [0.15, 0.2) is 0 Å². The molecule has 1 fully saturated rings. The first-order valence-corrected chi connectivity index (χ1v) is 7.98. The van der Waals surface area contributed by atoms with Crippen molar-refractivity contribution in [2.75, 3.05) is 6.54 Å². The molecule has 2 nitrogen and oxygen atoms in total. The molecule has 108 valence electrons. The summed E-state index contributed by atoms with van der Waals surface area (Å²) in [6.45, 7) is 6.62. The van der Waals surface area contributed by atoms with Crippen molar-refractivity contribution in [1.29, 1.82) is 0 Å². The van der Waals surface area contributed by atoms with Gasteiger partial charge in [-0.2, -0.15) is 0 Å². The van der Waals surface area contributed by atoms with Crippen LogP contribution in [0.15, 0.2) is 28.7 Å². The molecule has 2 atom stereocenters. The van der Waals surface area contributed by atoms with Crippen molar-refractivity contribution in [2.24, 2.45) is 11.8 Å². The van der Waals surface area contributed by atoms with Crippen LogP contribution in [0.1, 0.15) is 44.4 Å². The first-order valence-electron chi connectivity index (χ1n) is 7.98. The van der Waals surface area contributed by atoms with E-state index in [2.05, 4.69) is 37.4 Å². The predicted molar refractivity (Wildman–Crippen MR) is 83.8 cm³/mol. The summed E-state index contributed by atoms with van der Waals surface area (Å²) in [5, 5.41) is 4.93. The first-order chi connectivity index (χ1) is 9.78. The van der Waals surface area contributed by atoms with Crippen molar-refractivity contribution in [3.8, 4) is 0 Å². The molecule has 20 heavy (non-hydrogen) atoms. The highest BCUT2D eigenvalue weighted by molar-refractivity contribution is 5.82. The Morgan fingerprint density at radius 3 is 2.85 bits per heavy atom. The molecule has 0 amide bonds. The van der Waals surface area contributed by atoms with E-state index in [1.165, 1.54) is 30.2 Å². The fourth-order valence-electron chi connectivity index (χ4n) is 3.54. The Hall–Kier alpha value is -1.28. The maximum absolute atomic E-state index is 5.95. The summed E-state index contributed by atoms with van der Waals surface area (Å²) >= 11 is 0. The maximum atomic E-state index is 5.95. The molecule has 3 rings (SSSR count). The van der Waals surface area contributed by atoms with Crippen LogP contribution >= 0.6 is 0 Å². The van der Waals surface area contributed by atoms with Crippen LogP contribution in [-0.4, -0.2) is 6.54 Å². The summed E-state index contributed by atoms with van der Waals surface area (Å²) in [5.41, 5.74) is 2.38. The maximum Gasteiger partial charge on any atom is 0.134 e. The van der Waals surface area contributed by atoms with Crippen LogP contribution in [0, 0.1) is 11.8 Å². The monoisotopic (exact) mass is 271 g/mol. The van der Waals surface area contributed by atoms with Crippen LogP contribution < -0.4 is 5.32 Å². The number of hydrogen-bond donors (Lipinski definition) is 1. The van der Waals surface area contributed by atoms with Crippen LogP contribution in [0.25, 0.3) is 11.0 Å². The van der Waals surface area contributed by atoms with Gasteiger partial charge in [-0.3, -0.25) is 0 Å².